The molecule has 8 nitrogen and oxygen atoms in total. The number of ether oxygens (including phenoxy) is 1. The monoisotopic (exact) mass is 366 g/mol. The molecule has 0 fully saturated rings. The molecule has 3 aromatic heterocycles. The smallest absolute Gasteiger partial charge is 0.261 e. The average molecular weight is 366 g/mol. The number of thiazole rings is 1. The molecule has 0 saturated heterocycles. The van der Waals surface area contributed by atoms with Crippen LogP contribution in [0.2, 0.25) is 0 Å². The van der Waals surface area contributed by atoms with Crippen LogP contribution in [-0.2, 0) is 4.84 Å². The molecular weight excluding hydrogens is 352 g/mol. The third kappa shape index (κ3) is 3.29. The Bertz CT molecular complexity index is 957. The topological polar surface area (TPSA) is 95.3 Å². The number of pyridine rings is 1. The Morgan fingerprint density at radius 3 is 3.15 bits per heavy atom. The molecule has 0 saturated carbocycles. The lowest BCUT2D eigenvalue weighted by Gasteiger charge is -2.16. The van der Waals surface area contributed by atoms with Crippen molar-refractivity contribution in [1.29, 1.82) is 0 Å². The standard InChI is InChI=1S/C17H14N6O2S/c1-2-7-25-23-12-5-8-24-16-14(12)20-15(21-22-16)13-10-19-17(26-13)11-4-3-6-18-9-11/h2-4,6,9-10H,1,5,7-8H2. The Labute approximate surface area is 153 Å². The summed E-state index contributed by atoms with van der Waals surface area (Å²) >= 11 is 1.47. The van der Waals surface area contributed by atoms with Crippen LogP contribution < -0.4 is 4.74 Å². The van der Waals surface area contributed by atoms with Gasteiger partial charge in [0.25, 0.3) is 5.88 Å². The van der Waals surface area contributed by atoms with E-state index in [1.54, 1.807) is 24.7 Å². The zero-order valence-corrected chi connectivity index (χ0v) is 14.5. The van der Waals surface area contributed by atoms with Crippen molar-refractivity contribution in [3.63, 3.8) is 0 Å². The van der Waals surface area contributed by atoms with Gasteiger partial charge in [-0.05, 0) is 12.1 Å². The number of aromatic nitrogens is 5. The Morgan fingerprint density at radius 2 is 2.31 bits per heavy atom. The first-order chi connectivity index (χ1) is 12.8. The summed E-state index contributed by atoms with van der Waals surface area (Å²) in [5.41, 5.74) is 2.17. The predicted octanol–water partition coefficient (Wildman–Crippen LogP) is 2.75. The SMILES string of the molecule is C=CCON=C1CCOc2nnc(-c3cnc(-c4cccnc4)s3)nc21. The molecule has 1 aliphatic rings. The summed E-state index contributed by atoms with van der Waals surface area (Å²) in [5.74, 6) is 0.830. The average Bonchev–Trinajstić information content (AvgIpc) is 3.19. The van der Waals surface area contributed by atoms with Crippen LogP contribution in [0.4, 0.5) is 0 Å². The number of nitrogens with zero attached hydrogens (tertiary/aromatic N) is 6. The van der Waals surface area contributed by atoms with Gasteiger partial charge in [-0.2, -0.15) is 0 Å². The largest absolute Gasteiger partial charge is 0.475 e. The van der Waals surface area contributed by atoms with E-state index in [-0.39, 0.29) is 0 Å². The lowest BCUT2D eigenvalue weighted by atomic mass is 10.2. The molecule has 0 unspecified atom stereocenters. The molecule has 3 aromatic rings. The van der Waals surface area contributed by atoms with Gasteiger partial charge in [0.1, 0.15) is 17.3 Å². The van der Waals surface area contributed by atoms with Crippen LogP contribution in [-0.4, -0.2) is 44.1 Å². The highest BCUT2D eigenvalue weighted by molar-refractivity contribution is 7.18. The van der Waals surface area contributed by atoms with Gasteiger partial charge in [-0.1, -0.05) is 17.8 Å². The highest BCUT2D eigenvalue weighted by Gasteiger charge is 2.23. The van der Waals surface area contributed by atoms with Gasteiger partial charge in [0.05, 0.1) is 11.5 Å². The van der Waals surface area contributed by atoms with Gasteiger partial charge in [-0.3, -0.25) is 4.98 Å². The van der Waals surface area contributed by atoms with Gasteiger partial charge in [0, 0.05) is 30.6 Å². The zero-order chi connectivity index (χ0) is 17.8. The summed E-state index contributed by atoms with van der Waals surface area (Å²) < 4.78 is 5.51. The van der Waals surface area contributed by atoms with Crippen molar-refractivity contribution in [2.24, 2.45) is 5.16 Å². The number of oxime groups is 1. The maximum atomic E-state index is 5.51. The Hall–Kier alpha value is -3.20. The summed E-state index contributed by atoms with van der Waals surface area (Å²) in [6.45, 7) is 4.39. The summed E-state index contributed by atoms with van der Waals surface area (Å²) in [4.78, 5) is 19.1. The third-order valence-corrected chi connectivity index (χ3v) is 4.55. The molecule has 0 N–H and O–H groups in total. The van der Waals surface area contributed by atoms with E-state index >= 15 is 0 Å². The molecule has 9 heteroatoms. The molecule has 0 aliphatic carbocycles. The minimum absolute atomic E-state index is 0.328. The first-order valence-electron chi connectivity index (χ1n) is 7.89. The Kier molecular flexibility index (Phi) is 4.61. The van der Waals surface area contributed by atoms with E-state index in [2.05, 4.69) is 36.9 Å². The Morgan fingerprint density at radius 1 is 1.35 bits per heavy atom. The Balaban J connectivity index is 1.67. The molecule has 0 spiro atoms. The van der Waals surface area contributed by atoms with E-state index in [9.17, 15) is 0 Å². The minimum Gasteiger partial charge on any atom is -0.475 e. The van der Waals surface area contributed by atoms with Crippen molar-refractivity contribution < 1.29 is 9.57 Å². The molecule has 0 atom stereocenters. The van der Waals surface area contributed by atoms with E-state index in [4.69, 9.17) is 9.57 Å². The second-order valence-corrected chi connectivity index (χ2v) is 6.31. The van der Waals surface area contributed by atoms with Crippen molar-refractivity contribution in [3.05, 3.63) is 49.1 Å². The van der Waals surface area contributed by atoms with Gasteiger partial charge in [0.2, 0.25) is 0 Å². The van der Waals surface area contributed by atoms with Crippen LogP contribution in [0.3, 0.4) is 0 Å². The van der Waals surface area contributed by atoms with Crippen molar-refractivity contribution >= 4 is 17.0 Å². The van der Waals surface area contributed by atoms with Crippen LogP contribution in [0.5, 0.6) is 5.88 Å². The molecule has 0 amide bonds. The molecule has 1 aliphatic heterocycles. The van der Waals surface area contributed by atoms with Gasteiger partial charge >= 0.3 is 0 Å². The molecule has 130 valence electrons. The fourth-order valence-corrected chi connectivity index (χ4v) is 3.16. The first kappa shape index (κ1) is 16.3. The van der Waals surface area contributed by atoms with Crippen LogP contribution >= 0.6 is 11.3 Å². The third-order valence-electron chi connectivity index (χ3n) is 3.51. The summed E-state index contributed by atoms with van der Waals surface area (Å²) in [5, 5.41) is 13.2. The second kappa shape index (κ2) is 7.36. The van der Waals surface area contributed by atoms with Gasteiger partial charge in [-0.25, -0.2) is 9.97 Å². The maximum absolute atomic E-state index is 5.51. The van der Waals surface area contributed by atoms with Crippen LogP contribution in [0.25, 0.3) is 21.3 Å². The van der Waals surface area contributed by atoms with Gasteiger partial charge in [-0.15, -0.1) is 21.5 Å². The van der Waals surface area contributed by atoms with Crippen LogP contribution in [0.15, 0.2) is 48.5 Å². The van der Waals surface area contributed by atoms with E-state index in [1.165, 1.54) is 11.3 Å². The fourth-order valence-electron chi connectivity index (χ4n) is 2.33. The molecule has 26 heavy (non-hydrogen) atoms. The number of fused-ring (bicyclic) bond motifs is 1. The van der Waals surface area contributed by atoms with E-state index in [1.807, 2.05) is 12.1 Å². The molecule has 4 heterocycles. The van der Waals surface area contributed by atoms with Gasteiger partial charge < -0.3 is 9.57 Å². The highest BCUT2D eigenvalue weighted by Crippen LogP contribution is 2.31. The number of hydrogen-bond acceptors (Lipinski definition) is 9. The van der Waals surface area contributed by atoms with Crippen molar-refractivity contribution in [2.45, 2.75) is 6.42 Å². The van der Waals surface area contributed by atoms with Crippen molar-refractivity contribution in [1.82, 2.24) is 25.1 Å². The predicted molar refractivity (Wildman–Crippen MR) is 97.0 cm³/mol. The molecular formula is C17H14N6O2S. The summed E-state index contributed by atoms with van der Waals surface area (Å²) in [6, 6.07) is 3.83. The number of hydrogen-bond donors (Lipinski definition) is 0. The fraction of sp³-hybridized carbons (Fsp3) is 0.176. The quantitative estimate of drug-likeness (QED) is 0.389. The normalized spacial score (nSPS) is 14.5. The van der Waals surface area contributed by atoms with Crippen molar-refractivity contribution in [2.75, 3.05) is 13.2 Å². The van der Waals surface area contributed by atoms with E-state index in [0.29, 0.717) is 42.7 Å². The maximum Gasteiger partial charge on any atom is 0.261 e. The molecule has 0 radical (unpaired) electrons. The molecule has 0 bridgehead atoms. The first-order valence-corrected chi connectivity index (χ1v) is 8.71. The number of rotatable bonds is 5. The van der Waals surface area contributed by atoms with Gasteiger partial charge in [0.15, 0.2) is 11.5 Å². The zero-order valence-electron chi connectivity index (χ0n) is 13.7. The second-order valence-electron chi connectivity index (χ2n) is 5.28. The van der Waals surface area contributed by atoms with Crippen molar-refractivity contribution in [3.8, 4) is 27.2 Å². The van der Waals surface area contributed by atoms with E-state index < -0.39 is 0 Å². The molecule has 0 aromatic carbocycles. The summed E-state index contributed by atoms with van der Waals surface area (Å²) in [7, 11) is 0. The minimum atomic E-state index is 0.328. The van der Waals surface area contributed by atoms with E-state index in [0.717, 1.165) is 15.4 Å². The van der Waals surface area contributed by atoms with Crippen LogP contribution in [0.1, 0.15) is 12.1 Å². The lowest BCUT2D eigenvalue weighted by Crippen LogP contribution is -2.20. The molecule has 4 rings (SSSR count). The summed E-state index contributed by atoms with van der Waals surface area (Å²) in [6.07, 6.45) is 7.44. The lowest BCUT2D eigenvalue weighted by molar-refractivity contribution is 0.172. The highest BCUT2D eigenvalue weighted by atomic mass is 32.1. The van der Waals surface area contributed by atoms with Crippen LogP contribution in [0, 0.1) is 0 Å².